The summed E-state index contributed by atoms with van der Waals surface area (Å²) in [6.45, 7) is 0. The normalized spacial score (nSPS) is 9.95. The van der Waals surface area contributed by atoms with Crippen molar-refractivity contribution in [3.63, 3.8) is 0 Å². The third-order valence-corrected chi connectivity index (χ3v) is 2.81. The van der Waals surface area contributed by atoms with Gasteiger partial charge >= 0.3 is 5.97 Å². The second kappa shape index (κ2) is 5.91. The highest BCUT2D eigenvalue weighted by Crippen LogP contribution is 2.24. The molecule has 0 aliphatic rings. The van der Waals surface area contributed by atoms with Crippen LogP contribution in [0.1, 0.15) is 20.7 Å². The Morgan fingerprint density at radius 2 is 2.05 bits per heavy atom. The Balaban J connectivity index is 2.34. The molecular formula is C14H14N4O3. The van der Waals surface area contributed by atoms with Crippen molar-refractivity contribution in [2.45, 2.75) is 0 Å². The fourth-order valence-corrected chi connectivity index (χ4v) is 1.75. The summed E-state index contributed by atoms with van der Waals surface area (Å²) in [5.74, 6) is -0.800. The molecule has 1 heterocycles. The number of nitrogens with one attached hydrogen (secondary N) is 1. The molecule has 0 saturated heterocycles. The van der Waals surface area contributed by atoms with Gasteiger partial charge in [0.05, 0.1) is 18.4 Å². The topological polar surface area (TPSA) is 120 Å². The molecule has 0 aliphatic carbocycles. The zero-order valence-electron chi connectivity index (χ0n) is 11.3. The summed E-state index contributed by atoms with van der Waals surface area (Å²) in [6.07, 6.45) is 1.43. The molecule has 0 unspecified atom stereocenters. The van der Waals surface area contributed by atoms with Crippen molar-refractivity contribution in [1.82, 2.24) is 4.98 Å². The average Bonchev–Trinajstić information content (AvgIpc) is 2.49. The molecular weight excluding hydrogens is 272 g/mol. The molecule has 0 radical (unpaired) electrons. The van der Waals surface area contributed by atoms with E-state index < -0.39 is 11.9 Å². The van der Waals surface area contributed by atoms with Crippen LogP contribution in [0.2, 0.25) is 0 Å². The number of benzene rings is 1. The Labute approximate surface area is 120 Å². The standard InChI is InChI=1S/C14H14N4O3/c1-21-14(20)10-5-6-17-13(11(10)15)18-9-4-2-3-8(7-9)12(16)19/h2-7H,15H2,1H3,(H2,16,19)(H,17,18). The van der Waals surface area contributed by atoms with E-state index in [2.05, 4.69) is 15.0 Å². The lowest BCUT2D eigenvalue weighted by molar-refractivity contribution is 0.0601. The maximum Gasteiger partial charge on any atom is 0.340 e. The Morgan fingerprint density at radius 1 is 1.29 bits per heavy atom. The number of anilines is 3. The van der Waals surface area contributed by atoms with E-state index in [1.165, 1.54) is 19.4 Å². The minimum Gasteiger partial charge on any atom is -0.465 e. The lowest BCUT2D eigenvalue weighted by atomic mass is 10.2. The van der Waals surface area contributed by atoms with Gasteiger partial charge in [-0.3, -0.25) is 4.79 Å². The van der Waals surface area contributed by atoms with Gasteiger partial charge in [0.15, 0.2) is 5.82 Å². The first kappa shape index (κ1) is 14.3. The largest absolute Gasteiger partial charge is 0.465 e. The predicted molar refractivity (Wildman–Crippen MR) is 78.2 cm³/mol. The number of methoxy groups -OCH3 is 1. The number of esters is 1. The fourth-order valence-electron chi connectivity index (χ4n) is 1.75. The van der Waals surface area contributed by atoms with Crippen molar-refractivity contribution in [1.29, 1.82) is 0 Å². The molecule has 0 saturated carbocycles. The summed E-state index contributed by atoms with van der Waals surface area (Å²) in [6, 6.07) is 8.01. The molecule has 0 bridgehead atoms. The number of primary amides is 1. The maximum absolute atomic E-state index is 11.6. The first-order valence-corrected chi connectivity index (χ1v) is 6.02. The molecule has 0 spiro atoms. The van der Waals surface area contributed by atoms with Gasteiger partial charge in [-0.15, -0.1) is 0 Å². The summed E-state index contributed by atoms with van der Waals surface area (Å²) >= 11 is 0. The third kappa shape index (κ3) is 3.08. The molecule has 2 aromatic rings. The molecule has 2 rings (SSSR count). The lowest BCUT2D eigenvalue weighted by Crippen LogP contribution is -2.11. The van der Waals surface area contributed by atoms with E-state index in [0.29, 0.717) is 17.1 Å². The SMILES string of the molecule is COC(=O)c1ccnc(Nc2cccc(C(N)=O)c2)c1N. The van der Waals surface area contributed by atoms with E-state index in [1.54, 1.807) is 24.3 Å². The van der Waals surface area contributed by atoms with Crippen molar-refractivity contribution >= 4 is 29.1 Å². The molecule has 5 N–H and O–H groups in total. The second-order valence-electron chi connectivity index (χ2n) is 4.18. The van der Waals surface area contributed by atoms with Crippen molar-refractivity contribution in [3.05, 3.63) is 47.7 Å². The highest BCUT2D eigenvalue weighted by molar-refractivity contribution is 5.98. The van der Waals surface area contributed by atoms with E-state index in [9.17, 15) is 9.59 Å². The number of pyridine rings is 1. The first-order valence-electron chi connectivity index (χ1n) is 6.02. The highest BCUT2D eigenvalue weighted by atomic mass is 16.5. The summed E-state index contributed by atoms with van der Waals surface area (Å²) in [5.41, 5.74) is 12.4. The lowest BCUT2D eigenvalue weighted by Gasteiger charge is -2.11. The Morgan fingerprint density at radius 3 is 2.71 bits per heavy atom. The Kier molecular flexibility index (Phi) is 4.03. The van der Waals surface area contributed by atoms with E-state index in [1.807, 2.05) is 0 Å². The molecule has 0 fully saturated rings. The van der Waals surface area contributed by atoms with Crippen LogP contribution in [0.5, 0.6) is 0 Å². The van der Waals surface area contributed by atoms with Gasteiger partial charge in [-0.2, -0.15) is 0 Å². The van der Waals surface area contributed by atoms with Crippen LogP contribution in [0.3, 0.4) is 0 Å². The van der Waals surface area contributed by atoms with E-state index in [0.717, 1.165) is 0 Å². The number of nitrogens with two attached hydrogens (primary N) is 2. The fraction of sp³-hybridized carbons (Fsp3) is 0.0714. The Bertz CT molecular complexity index is 700. The summed E-state index contributed by atoms with van der Waals surface area (Å²) in [4.78, 5) is 26.8. The van der Waals surface area contributed by atoms with Gasteiger partial charge < -0.3 is 21.5 Å². The van der Waals surface area contributed by atoms with Crippen LogP contribution < -0.4 is 16.8 Å². The number of ether oxygens (including phenoxy) is 1. The minimum atomic E-state index is -0.552. The summed E-state index contributed by atoms with van der Waals surface area (Å²) in [7, 11) is 1.27. The van der Waals surface area contributed by atoms with Crippen LogP contribution >= 0.6 is 0 Å². The predicted octanol–water partition coefficient (Wildman–Crippen LogP) is 1.29. The number of hydrogen-bond donors (Lipinski definition) is 3. The number of rotatable bonds is 4. The van der Waals surface area contributed by atoms with Crippen LogP contribution in [0.15, 0.2) is 36.5 Å². The number of hydrogen-bond acceptors (Lipinski definition) is 6. The van der Waals surface area contributed by atoms with Gasteiger partial charge in [0.25, 0.3) is 0 Å². The van der Waals surface area contributed by atoms with E-state index >= 15 is 0 Å². The number of aromatic nitrogens is 1. The average molecular weight is 286 g/mol. The number of amides is 1. The molecule has 7 heteroatoms. The van der Waals surface area contributed by atoms with Gasteiger partial charge in [-0.1, -0.05) is 6.07 Å². The quantitative estimate of drug-likeness (QED) is 0.728. The van der Waals surface area contributed by atoms with Gasteiger partial charge in [0.2, 0.25) is 5.91 Å². The van der Waals surface area contributed by atoms with Crippen molar-refractivity contribution in [3.8, 4) is 0 Å². The van der Waals surface area contributed by atoms with Gasteiger partial charge in [-0.05, 0) is 24.3 Å². The molecule has 1 aromatic heterocycles. The molecule has 0 aliphatic heterocycles. The second-order valence-corrected chi connectivity index (χ2v) is 4.18. The molecule has 1 aromatic carbocycles. The van der Waals surface area contributed by atoms with Crippen LogP contribution in [-0.4, -0.2) is 24.0 Å². The van der Waals surface area contributed by atoms with Crippen molar-refractivity contribution in [2.75, 3.05) is 18.2 Å². The minimum absolute atomic E-state index is 0.161. The van der Waals surface area contributed by atoms with Gasteiger partial charge in [-0.25, -0.2) is 9.78 Å². The molecule has 21 heavy (non-hydrogen) atoms. The number of carbonyl (C=O) groups excluding carboxylic acids is 2. The maximum atomic E-state index is 11.6. The van der Waals surface area contributed by atoms with Crippen LogP contribution in [-0.2, 0) is 4.74 Å². The van der Waals surface area contributed by atoms with Crippen LogP contribution in [0.4, 0.5) is 17.2 Å². The van der Waals surface area contributed by atoms with Crippen LogP contribution in [0, 0.1) is 0 Å². The van der Waals surface area contributed by atoms with Crippen molar-refractivity contribution in [2.24, 2.45) is 5.73 Å². The van der Waals surface area contributed by atoms with Crippen LogP contribution in [0.25, 0.3) is 0 Å². The Hall–Kier alpha value is -3.09. The smallest absolute Gasteiger partial charge is 0.340 e. The van der Waals surface area contributed by atoms with Gasteiger partial charge in [0.1, 0.15) is 0 Å². The molecule has 7 nitrogen and oxygen atoms in total. The number of nitrogens with zero attached hydrogens (tertiary/aromatic N) is 1. The monoisotopic (exact) mass is 286 g/mol. The molecule has 108 valence electrons. The summed E-state index contributed by atoms with van der Waals surface area (Å²) < 4.78 is 4.64. The zero-order chi connectivity index (χ0) is 15.4. The molecule has 0 atom stereocenters. The zero-order valence-corrected chi connectivity index (χ0v) is 11.3. The molecule has 1 amide bonds. The highest BCUT2D eigenvalue weighted by Gasteiger charge is 2.14. The van der Waals surface area contributed by atoms with E-state index in [-0.39, 0.29) is 11.3 Å². The number of carbonyl (C=O) groups is 2. The first-order chi connectivity index (χ1) is 10.0. The van der Waals surface area contributed by atoms with Gasteiger partial charge in [0, 0.05) is 17.4 Å². The summed E-state index contributed by atoms with van der Waals surface area (Å²) in [5, 5.41) is 2.94. The van der Waals surface area contributed by atoms with Crippen molar-refractivity contribution < 1.29 is 14.3 Å². The van der Waals surface area contributed by atoms with E-state index in [4.69, 9.17) is 11.5 Å². The third-order valence-electron chi connectivity index (χ3n) is 2.81. The number of nitrogen functional groups attached to an aromatic ring is 1.